The van der Waals surface area contributed by atoms with Crippen LogP contribution in [0.2, 0.25) is 0 Å². The fraction of sp³-hybridized carbons (Fsp3) is 1.00. The maximum absolute atomic E-state index is 6.28. The molecule has 1 saturated carbocycles. The summed E-state index contributed by atoms with van der Waals surface area (Å²) in [5.41, 5.74) is 6.67. The Hall–Kier alpha value is -0.120. The van der Waals surface area contributed by atoms with Crippen molar-refractivity contribution in [2.24, 2.45) is 23.0 Å². The van der Waals surface area contributed by atoms with Crippen molar-refractivity contribution < 1.29 is 0 Å². The first-order chi connectivity index (χ1) is 9.32. The van der Waals surface area contributed by atoms with Gasteiger partial charge in [0.2, 0.25) is 0 Å². The molecule has 0 amide bonds. The minimum Gasteiger partial charge on any atom is -0.327 e. The van der Waals surface area contributed by atoms with Crippen molar-refractivity contribution in [2.75, 3.05) is 33.7 Å². The van der Waals surface area contributed by atoms with Crippen molar-refractivity contribution in [1.29, 1.82) is 0 Å². The van der Waals surface area contributed by atoms with E-state index < -0.39 is 0 Å². The number of hydrogen-bond donors (Lipinski definition) is 1. The molecule has 1 aliphatic carbocycles. The zero-order valence-corrected chi connectivity index (χ0v) is 14.2. The monoisotopic (exact) mass is 281 g/mol. The third-order valence-corrected chi connectivity index (χ3v) is 6.48. The van der Waals surface area contributed by atoms with E-state index in [2.05, 4.69) is 44.7 Å². The van der Waals surface area contributed by atoms with Gasteiger partial charge < -0.3 is 15.5 Å². The van der Waals surface area contributed by atoms with E-state index in [9.17, 15) is 0 Å². The molecule has 0 spiro atoms. The van der Waals surface area contributed by atoms with Crippen LogP contribution in [-0.2, 0) is 0 Å². The summed E-state index contributed by atoms with van der Waals surface area (Å²) in [5, 5.41) is 0. The molecule has 3 nitrogen and oxygen atoms in total. The van der Waals surface area contributed by atoms with Crippen LogP contribution in [0.5, 0.6) is 0 Å². The van der Waals surface area contributed by atoms with Gasteiger partial charge in [-0.2, -0.15) is 0 Å². The zero-order chi connectivity index (χ0) is 14.9. The molecule has 2 rings (SSSR count). The standard InChI is InChI=1S/C17H35N3/c1-13-16(18)7-6-14(17(13,2)3)12-20-10-8-15(9-11-20)19(4)5/h13-16H,6-12,18H2,1-5H3. The highest BCUT2D eigenvalue weighted by atomic mass is 15.2. The highest BCUT2D eigenvalue weighted by Crippen LogP contribution is 2.44. The maximum Gasteiger partial charge on any atom is 0.0113 e. The predicted molar refractivity (Wildman–Crippen MR) is 86.8 cm³/mol. The van der Waals surface area contributed by atoms with Gasteiger partial charge in [-0.3, -0.25) is 0 Å². The van der Waals surface area contributed by atoms with Gasteiger partial charge in [0, 0.05) is 18.6 Å². The highest BCUT2D eigenvalue weighted by molar-refractivity contribution is 4.95. The van der Waals surface area contributed by atoms with Gasteiger partial charge in [0.1, 0.15) is 0 Å². The largest absolute Gasteiger partial charge is 0.327 e. The predicted octanol–water partition coefficient (Wildman–Crippen LogP) is 2.41. The summed E-state index contributed by atoms with van der Waals surface area (Å²) in [6.07, 6.45) is 5.18. The van der Waals surface area contributed by atoms with Crippen molar-refractivity contribution >= 4 is 0 Å². The normalized spacial score (nSPS) is 36.5. The van der Waals surface area contributed by atoms with E-state index in [1.54, 1.807) is 0 Å². The van der Waals surface area contributed by atoms with E-state index in [1.165, 1.54) is 45.3 Å². The van der Waals surface area contributed by atoms with Crippen LogP contribution in [0.4, 0.5) is 0 Å². The van der Waals surface area contributed by atoms with E-state index in [1.807, 2.05) is 0 Å². The van der Waals surface area contributed by atoms with Gasteiger partial charge >= 0.3 is 0 Å². The Labute approximate surface area is 125 Å². The molecule has 3 atom stereocenters. The topological polar surface area (TPSA) is 32.5 Å². The molecule has 2 aliphatic rings. The van der Waals surface area contributed by atoms with Gasteiger partial charge in [-0.15, -0.1) is 0 Å². The van der Waals surface area contributed by atoms with Gasteiger partial charge in [-0.25, -0.2) is 0 Å². The van der Waals surface area contributed by atoms with Crippen LogP contribution in [0.1, 0.15) is 46.5 Å². The van der Waals surface area contributed by atoms with Crippen LogP contribution in [0, 0.1) is 17.3 Å². The van der Waals surface area contributed by atoms with Crippen molar-refractivity contribution in [3.8, 4) is 0 Å². The molecular weight excluding hydrogens is 246 g/mol. The maximum atomic E-state index is 6.28. The van der Waals surface area contributed by atoms with Crippen LogP contribution in [0.15, 0.2) is 0 Å². The molecule has 3 heteroatoms. The van der Waals surface area contributed by atoms with E-state index >= 15 is 0 Å². The quantitative estimate of drug-likeness (QED) is 0.862. The van der Waals surface area contributed by atoms with Crippen LogP contribution >= 0.6 is 0 Å². The average Bonchev–Trinajstić information content (AvgIpc) is 2.40. The van der Waals surface area contributed by atoms with Crippen molar-refractivity contribution in [3.63, 3.8) is 0 Å². The molecule has 1 aliphatic heterocycles. The van der Waals surface area contributed by atoms with Gasteiger partial charge in [0.25, 0.3) is 0 Å². The Morgan fingerprint density at radius 1 is 1.10 bits per heavy atom. The average molecular weight is 281 g/mol. The molecule has 2 N–H and O–H groups in total. The molecule has 0 aromatic heterocycles. The Balaban J connectivity index is 1.88. The number of nitrogens with zero attached hydrogens (tertiary/aromatic N) is 2. The number of nitrogens with two attached hydrogens (primary N) is 1. The lowest BCUT2D eigenvalue weighted by Gasteiger charge is -2.49. The molecule has 118 valence electrons. The highest BCUT2D eigenvalue weighted by Gasteiger charge is 2.42. The van der Waals surface area contributed by atoms with Crippen molar-refractivity contribution in [3.05, 3.63) is 0 Å². The van der Waals surface area contributed by atoms with E-state index in [0.29, 0.717) is 17.4 Å². The smallest absolute Gasteiger partial charge is 0.0113 e. The first kappa shape index (κ1) is 16.3. The lowest BCUT2D eigenvalue weighted by atomic mass is 9.61. The zero-order valence-electron chi connectivity index (χ0n) is 14.2. The second-order valence-electron chi connectivity index (χ2n) is 8.04. The summed E-state index contributed by atoms with van der Waals surface area (Å²) in [4.78, 5) is 5.10. The summed E-state index contributed by atoms with van der Waals surface area (Å²) < 4.78 is 0. The fourth-order valence-corrected chi connectivity index (χ4v) is 4.20. The lowest BCUT2D eigenvalue weighted by Crippen LogP contribution is -2.51. The minimum absolute atomic E-state index is 0.385. The molecular formula is C17H35N3. The van der Waals surface area contributed by atoms with Crippen LogP contribution in [-0.4, -0.2) is 55.6 Å². The second kappa shape index (κ2) is 6.33. The molecule has 0 bridgehead atoms. The molecule has 2 fully saturated rings. The lowest BCUT2D eigenvalue weighted by molar-refractivity contribution is 0.0189. The second-order valence-corrected chi connectivity index (χ2v) is 8.04. The molecule has 0 radical (unpaired) electrons. The SMILES string of the molecule is CC1C(N)CCC(CN2CCC(N(C)C)CC2)C1(C)C. The number of hydrogen-bond acceptors (Lipinski definition) is 3. The van der Waals surface area contributed by atoms with Crippen LogP contribution in [0.3, 0.4) is 0 Å². The van der Waals surface area contributed by atoms with Gasteiger partial charge in [0.15, 0.2) is 0 Å². The third-order valence-electron chi connectivity index (χ3n) is 6.48. The Kier molecular flexibility index (Phi) is 5.14. The van der Waals surface area contributed by atoms with E-state index in [4.69, 9.17) is 5.73 Å². The first-order valence-corrected chi connectivity index (χ1v) is 8.46. The molecule has 0 aromatic carbocycles. The fourth-order valence-electron chi connectivity index (χ4n) is 4.20. The van der Waals surface area contributed by atoms with E-state index in [0.717, 1.165) is 12.0 Å². The molecule has 1 heterocycles. The Morgan fingerprint density at radius 3 is 2.25 bits per heavy atom. The van der Waals surface area contributed by atoms with Crippen molar-refractivity contribution in [1.82, 2.24) is 9.80 Å². The molecule has 20 heavy (non-hydrogen) atoms. The number of rotatable bonds is 3. The van der Waals surface area contributed by atoms with E-state index in [-0.39, 0.29) is 0 Å². The number of piperidine rings is 1. The van der Waals surface area contributed by atoms with Gasteiger partial charge in [-0.05, 0) is 70.1 Å². The minimum atomic E-state index is 0.385. The molecule has 0 aromatic rings. The van der Waals surface area contributed by atoms with Crippen molar-refractivity contribution in [2.45, 2.75) is 58.5 Å². The molecule has 1 saturated heterocycles. The van der Waals surface area contributed by atoms with Gasteiger partial charge in [0.05, 0.1) is 0 Å². The number of likely N-dealkylation sites (tertiary alicyclic amines) is 1. The summed E-state index contributed by atoms with van der Waals surface area (Å²) >= 11 is 0. The van der Waals surface area contributed by atoms with Gasteiger partial charge in [-0.1, -0.05) is 20.8 Å². The van der Waals surface area contributed by atoms with Crippen LogP contribution < -0.4 is 5.73 Å². The Bertz CT molecular complexity index is 305. The molecule has 3 unspecified atom stereocenters. The van der Waals surface area contributed by atoms with Crippen LogP contribution in [0.25, 0.3) is 0 Å². The summed E-state index contributed by atoms with van der Waals surface area (Å²) in [5.74, 6) is 1.45. The Morgan fingerprint density at radius 2 is 1.70 bits per heavy atom. The third kappa shape index (κ3) is 3.37. The summed E-state index contributed by atoms with van der Waals surface area (Å²) in [6.45, 7) is 11.1. The summed E-state index contributed by atoms with van der Waals surface area (Å²) in [7, 11) is 4.43. The first-order valence-electron chi connectivity index (χ1n) is 8.46. The summed E-state index contributed by atoms with van der Waals surface area (Å²) in [6, 6.07) is 1.19.